The summed E-state index contributed by atoms with van der Waals surface area (Å²) < 4.78 is 25.4. The predicted molar refractivity (Wildman–Crippen MR) is 104 cm³/mol. The van der Waals surface area contributed by atoms with Crippen molar-refractivity contribution >= 4 is 33.0 Å². The first-order chi connectivity index (χ1) is 12.7. The molecule has 0 aromatic heterocycles. The highest BCUT2D eigenvalue weighted by Gasteiger charge is 2.18. The molecule has 2 aromatic rings. The molecule has 9 heteroatoms. The Morgan fingerprint density at radius 1 is 1.19 bits per heavy atom. The maximum Gasteiger partial charge on any atom is 0.271 e. The summed E-state index contributed by atoms with van der Waals surface area (Å²) in [5, 5.41) is 13.4. The lowest BCUT2D eigenvalue weighted by Gasteiger charge is -2.22. The smallest absolute Gasteiger partial charge is 0.271 e. The Balaban J connectivity index is 1.97. The van der Waals surface area contributed by atoms with Gasteiger partial charge in [-0.25, -0.2) is 8.42 Å². The summed E-state index contributed by atoms with van der Waals surface area (Å²) in [6.07, 6.45) is 1.51. The molecule has 2 aromatic carbocycles. The molecule has 0 spiro atoms. The average Bonchev–Trinajstić information content (AvgIpc) is 2.57. The lowest BCUT2D eigenvalue weighted by molar-refractivity contribution is -0.384. The number of non-ortho nitro benzene ring substituents is 1. The van der Waals surface area contributed by atoms with Crippen molar-refractivity contribution in [1.29, 1.82) is 0 Å². The molecule has 0 fully saturated rings. The Hall–Kier alpha value is -2.94. The number of rotatable bonds is 8. The molecule has 0 radical (unpaired) electrons. The van der Waals surface area contributed by atoms with Crippen molar-refractivity contribution < 1.29 is 18.1 Å². The molecule has 0 unspecified atom stereocenters. The summed E-state index contributed by atoms with van der Waals surface area (Å²) in [7, 11) is -3.48. The van der Waals surface area contributed by atoms with Crippen molar-refractivity contribution in [3.63, 3.8) is 0 Å². The van der Waals surface area contributed by atoms with E-state index in [9.17, 15) is 23.3 Å². The van der Waals surface area contributed by atoms with Gasteiger partial charge in [-0.1, -0.05) is 18.2 Å². The van der Waals surface area contributed by atoms with Gasteiger partial charge < -0.3 is 5.32 Å². The number of nitrogens with zero attached hydrogens (tertiary/aromatic N) is 2. The molecule has 2 rings (SSSR count). The molecule has 27 heavy (non-hydrogen) atoms. The molecule has 144 valence electrons. The highest BCUT2D eigenvalue weighted by molar-refractivity contribution is 7.92. The topological polar surface area (TPSA) is 110 Å². The van der Waals surface area contributed by atoms with E-state index in [1.54, 1.807) is 24.3 Å². The Kier molecular flexibility index (Phi) is 6.51. The van der Waals surface area contributed by atoms with Crippen molar-refractivity contribution in [2.45, 2.75) is 19.8 Å². The van der Waals surface area contributed by atoms with Crippen LogP contribution in [-0.4, -0.2) is 32.0 Å². The lowest BCUT2D eigenvalue weighted by atomic mass is 10.2. The molecular weight excluding hydrogens is 370 g/mol. The maximum atomic E-state index is 12.1. The zero-order valence-corrected chi connectivity index (χ0v) is 15.9. The Bertz CT molecular complexity index is 944. The highest BCUT2D eigenvalue weighted by atomic mass is 32.2. The molecule has 0 saturated carbocycles. The Morgan fingerprint density at radius 2 is 1.89 bits per heavy atom. The SMILES string of the molecule is Cc1cccc(N(CCCC(=O)Nc2cccc([N+](=O)[O-])c2)S(C)(=O)=O)c1. The monoisotopic (exact) mass is 391 g/mol. The van der Waals surface area contributed by atoms with Gasteiger partial charge in [0.05, 0.1) is 16.9 Å². The summed E-state index contributed by atoms with van der Waals surface area (Å²) in [6, 6.07) is 12.8. The van der Waals surface area contributed by atoms with E-state index in [-0.39, 0.29) is 24.6 Å². The van der Waals surface area contributed by atoms with Crippen LogP contribution < -0.4 is 9.62 Å². The van der Waals surface area contributed by atoms with E-state index < -0.39 is 14.9 Å². The molecule has 0 saturated heterocycles. The van der Waals surface area contributed by atoms with Gasteiger partial charge in [-0.15, -0.1) is 0 Å². The number of carbonyl (C=O) groups is 1. The minimum absolute atomic E-state index is 0.0839. The number of anilines is 2. The first-order valence-corrected chi connectivity index (χ1v) is 10.1. The van der Waals surface area contributed by atoms with Crippen LogP contribution in [0.15, 0.2) is 48.5 Å². The van der Waals surface area contributed by atoms with Gasteiger partial charge in [0.25, 0.3) is 5.69 Å². The van der Waals surface area contributed by atoms with E-state index >= 15 is 0 Å². The summed E-state index contributed by atoms with van der Waals surface area (Å²) in [5.74, 6) is -0.340. The van der Waals surface area contributed by atoms with E-state index in [2.05, 4.69) is 5.32 Å². The van der Waals surface area contributed by atoms with Crippen molar-refractivity contribution in [3.8, 4) is 0 Å². The van der Waals surface area contributed by atoms with Crippen molar-refractivity contribution in [2.24, 2.45) is 0 Å². The van der Waals surface area contributed by atoms with Crippen LogP contribution in [-0.2, 0) is 14.8 Å². The van der Waals surface area contributed by atoms with E-state index in [0.717, 1.165) is 11.8 Å². The lowest BCUT2D eigenvalue weighted by Crippen LogP contribution is -2.31. The van der Waals surface area contributed by atoms with Crippen molar-refractivity contribution in [2.75, 3.05) is 22.4 Å². The van der Waals surface area contributed by atoms with Crippen LogP contribution in [0.5, 0.6) is 0 Å². The third kappa shape index (κ3) is 6.07. The third-order valence-corrected chi connectivity index (χ3v) is 4.99. The second kappa shape index (κ2) is 8.63. The quantitative estimate of drug-likeness (QED) is 0.549. The van der Waals surface area contributed by atoms with Gasteiger partial charge in [-0.3, -0.25) is 19.2 Å². The number of carbonyl (C=O) groups excluding carboxylic acids is 1. The number of amides is 1. The zero-order chi connectivity index (χ0) is 20.0. The average molecular weight is 391 g/mol. The number of nitro groups is 1. The minimum atomic E-state index is -3.48. The van der Waals surface area contributed by atoms with Crippen LogP contribution in [0.4, 0.5) is 17.1 Å². The van der Waals surface area contributed by atoms with Gasteiger partial charge in [-0.05, 0) is 37.1 Å². The second-order valence-corrected chi connectivity index (χ2v) is 8.04. The van der Waals surface area contributed by atoms with Crippen molar-refractivity contribution in [3.05, 3.63) is 64.2 Å². The van der Waals surface area contributed by atoms with E-state index in [0.29, 0.717) is 17.8 Å². The standard InChI is InChI=1S/C18H21N3O5S/c1-14-6-3-8-16(12-14)20(27(2,25)26)11-5-10-18(22)19-15-7-4-9-17(13-15)21(23)24/h3-4,6-9,12-13H,5,10-11H2,1-2H3,(H,19,22). The number of nitrogens with one attached hydrogen (secondary N) is 1. The fraction of sp³-hybridized carbons (Fsp3) is 0.278. The Morgan fingerprint density at radius 3 is 2.52 bits per heavy atom. The number of nitro benzene ring substituents is 1. The van der Waals surface area contributed by atoms with E-state index in [4.69, 9.17) is 0 Å². The molecule has 0 atom stereocenters. The Labute approximate surface area is 158 Å². The molecule has 0 heterocycles. The summed E-state index contributed by atoms with van der Waals surface area (Å²) in [6.45, 7) is 2.03. The van der Waals surface area contributed by atoms with Crippen molar-refractivity contribution in [1.82, 2.24) is 0 Å². The molecule has 0 aliphatic heterocycles. The summed E-state index contributed by atoms with van der Waals surface area (Å²) in [5.41, 5.74) is 1.70. The van der Waals surface area contributed by atoms with E-state index in [1.807, 2.05) is 13.0 Å². The molecule has 0 aliphatic carbocycles. The van der Waals surface area contributed by atoms with Gasteiger partial charge in [0.2, 0.25) is 15.9 Å². The molecule has 8 nitrogen and oxygen atoms in total. The normalized spacial score (nSPS) is 11.0. The molecule has 0 aliphatic rings. The fourth-order valence-electron chi connectivity index (χ4n) is 2.57. The minimum Gasteiger partial charge on any atom is -0.326 e. The van der Waals surface area contributed by atoms with Crippen LogP contribution in [0.3, 0.4) is 0 Å². The first kappa shape index (κ1) is 20.4. The third-order valence-electron chi connectivity index (χ3n) is 3.80. The summed E-state index contributed by atoms with van der Waals surface area (Å²) in [4.78, 5) is 22.3. The highest BCUT2D eigenvalue weighted by Crippen LogP contribution is 2.20. The van der Waals surface area contributed by atoms with Crippen LogP contribution in [0.2, 0.25) is 0 Å². The van der Waals surface area contributed by atoms with Crippen LogP contribution in [0.1, 0.15) is 18.4 Å². The van der Waals surface area contributed by atoms with Gasteiger partial charge in [0.15, 0.2) is 0 Å². The largest absolute Gasteiger partial charge is 0.326 e. The number of aryl methyl sites for hydroxylation is 1. The fourth-order valence-corrected chi connectivity index (χ4v) is 3.53. The zero-order valence-electron chi connectivity index (χ0n) is 15.1. The molecule has 1 N–H and O–H groups in total. The van der Waals surface area contributed by atoms with Gasteiger partial charge in [-0.2, -0.15) is 0 Å². The number of benzene rings is 2. The number of hydrogen-bond donors (Lipinski definition) is 1. The van der Waals surface area contributed by atoms with Crippen LogP contribution in [0, 0.1) is 17.0 Å². The number of sulfonamides is 1. The molecule has 1 amide bonds. The van der Waals surface area contributed by atoms with Crippen LogP contribution >= 0.6 is 0 Å². The van der Waals surface area contributed by atoms with Gasteiger partial charge in [0.1, 0.15) is 0 Å². The first-order valence-electron chi connectivity index (χ1n) is 8.25. The van der Waals surface area contributed by atoms with Crippen LogP contribution in [0.25, 0.3) is 0 Å². The molecule has 0 bridgehead atoms. The van der Waals surface area contributed by atoms with E-state index in [1.165, 1.54) is 22.5 Å². The predicted octanol–water partition coefficient (Wildman–Crippen LogP) is 3.09. The van der Waals surface area contributed by atoms with Gasteiger partial charge in [0, 0.05) is 30.8 Å². The number of hydrogen-bond acceptors (Lipinski definition) is 5. The maximum absolute atomic E-state index is 12.1. The second-order valence-electron chi connectivity index (χ2n) is 6.13. The summed E-state index contributed by atoms with van der Waals surface area (Å²) >= 11 is 0. The van der Waals surface area contributed by atoms with Gasteiger partial charge >= 0.3 is 0 Å². The molecular formula is C18H21N3O5S.